The Morgan fingerprint density at radius 1 is 1.28 bits per heavy atom. The second kappa shape index (κ2) is 7.95. The lowest BCUT2D eigenvalue weighted by Crippen LogP contribution is -2.38. The predicted octanol–water partition coefficient (Wildman–Crippen LogP) is 1.21. The van der Waals surface area contributed by atoms with Crippen LogP contribution in [0.2, 0.25) is 0 Å². The molecule has 0 N–H and O–H groups in total. The van der Waals surface area contributed by atoms with Gasteiger partial charge < -0.3 is 9.80 Å². The van der Waals surface area contributed by atoms with Crippen LogP contribution in [0.25, 0.3) is 0 Å². The number of carbonyl (C=O) groups excluding carboxylic acids is 2. The highest BCUT2D eigenvalue weighted by Crippen LogP contribution is 2.19. The van der Waals surface area contributed by atoms with E-state index >= 15 is 0 Å². The predicted molar refractivity (Wildman–Crippen MR) is 95.3 cm³/mol. The van der Waals surface area contributed by atoms with Crippen LogP contribution >= 0.6 is 0 Å². The Balaban J connectivity index is 2.12. The fourth-order valence-electron chi connectivity index (χ4n) is 2.82. The number of hydrogen-bond acceptors (Lipinski definition) is 5. The summed E-state index contributed by atoms with van der Waals surface area (Å²) in [6, 6.07) is 2.70. The minimum Gasteiger partial charge on any atom is -0.340 e. The number of rotatable bonds is 6. The van der Waals surface area contributed by atoms with E-state index in [4.69, 9.17) is 0 Å². The van der Waals surface area contributed by atoms with Crippen molar-refractivity contribution in [1.29, 1.82) is 0 Å². The van der Waals surface area contributed by atoms with E-state index in [9.17, 15) is 18.0 Å². The van der Waals surface area contributed by atoms with Crippen LogP contribution in [0.4, 0.5) is 0 Å². The van der Waals surface area contributed by atoms with E-state index in [2.05, 4.69) is 11.9 Å². The molecule has 1 atom stereocenters. The van der Waals surface area contributed by atoms with Crippen molar-refractivity contribution in [1.82, 2.24) is 14.8 Å². The van der Waals surface area contributed by atoms with E-state index in [1.165, 1.54) is 17.2 Å². The van der Waals surface area contributed by atoms with Gasteiger partial charge in [0.2, 0.25) is 0 Å². The number of aromatic nitrogens is 1. The van der Waals surface area contributed by atoms with Gasteiger partial charge in [-0.1, -0.05) is 13.3 Å². The molecule has 0 saturated carbocycles. The molecule has 7 nitrogen and oxygen atoms in total. The van der Waals surface area contributed by atoms with Crippen molar-refractivity contribution >= 4 is 21.7 Å². The van der Waals surface area contributed by atoms with Gasteiger partial charge in [-0.05, 0) is 25.0 Å². The van der Waals surface area contributed by atoms with Gasteiger partial charge in [0.1, 0.15) is 5.69 Å². The number of unbranched alkanes of at least 4 members (excludes halogenated alkanes) is 1. The van der Waals surface area contributed by atoms with Crippen molar-refractivity contribution in [2.75, 3.05) is 32.1 Å². The molecule has 0 bridgehead atoms. The summed E-state index contributed by atoms with van der Waals surface area (Å²) in [5.74, 6) is -0.423. The summed E-state index contributed by atoms with van der Waals surface area (Å²) in [6.07, 6.45) is 3.77. The topological polar surface area (TPSA) is 87.7 Å². The highest BCUT2D eigenvalue weighted by atomic mass is 32.2. The van der Waals surface area contributed by atoms with Gasteiger partial charge in [-0.2, -0.15) is 0 Å². The summed E-state index contributed by atoms with van der Waals surface area (Å²) in [5, 5.41) is 0. The molecule has 1 aliphatic heterocycles. The Kier molecular flexibility index (Phi) is 6.16. The fraction of sp³-hybridized carbons (Fsp3) is 0.588. The maximum Gasteiger partial charge on any atom is 0.272 e. The SMILES string of the molecule is CCCCN(C)C(=O)c1cc(C(=O)N(C)C2CCS(=O)(=O)C2)ccn1. The summed E-state index contributed by atoms with van der Waals surface area (Å²) in [7, 11) is 0.247. The van der Waals surface area contributed by atoms with E-state index in [1.54, 1.807) is 25.1 Å². The van der Waals surface area contributed by atoms with Gasteiger partial charge in [0.25, 0.3) is 11.8 Å². The molecule has 1 aromatic heterocycles. The summed E-state index contributed by atoms with van der Waals surface area (Å²) >= 11 is 0. The molecular formula is C17H25N3O4S. The monoisotopic (exact) mass is 367 g/mol. The molecule has 25 heavy (non-hydrogen) atoms. The molecule has 1 fully saturated rings. The first-order valence-electron chi connectivity index (χ1n) is 8.44. The number of amides is 2. The number of carbonyl (C=O) groups is 2. The quantitative estimate of drug-likeness (QED) is 0.754. The number of hydrogen-bond donors (Lipinski definition) is 0. The largest absolute Gasteiger partial charge is 0.340 e. The third-order valence-electron chi connectivity index (χ3n) is 4.50. The molecule has 8 heteroatoms. The molecule has 0 spiro atoms. The standard InChI is InChI=1S/C17H25N3O4S/c1-4-5-9-19(2)17(22)15-11-13(6-8-18-15)16(21)20(3)14-7-10-25(23,24)12-14/h6,8,11,14H,4-5,7,9-10,12H2,1-3H3. The number of pyridine rings is 1. The third-order valence-corrected chi connectivity index (χ3v) is 6.25. The second-order valence-corrected chi connectivity index (χ2v) is 8.71. The van der Waals surface area contributed by atoms with Crippen molar-refractivity contribution < 1.29 is 18.0 Å². The van der Waals surface area contributed by atoms with E-state index in [1.807, 2.05) is 0 Å². The molecule has 0 aromatic carbocycles. The molecule has 1 unspecified atom stereocenters. The van der Waals surface area contributed by atoms with E-state index in [0.717, 1.165) is 12.8 Å². The van der Waals surface area contributed by atoms with Crippen molar-refractivity contribution in [3.63, 3.8) is 0 Å². The van der Waals surface area contributed by atoms with Gasteiger partial charge in [0.15, 0.2) is 9.84 Å². The van der Waals surface area contributed by atoms with Gasteiger partial charge in [0.05, 0.1) is 11.5 Å². The number of sulfone groups is 1. The molecule has 0 radical (unpaired) electrons. The molecule has 138 valence electrons. The molecular weight excluding hydrogens is 342 g/mol. The van der Waals surface area contributed by atoms with E-state index in [0.29, 0.717) is 18.5 Å². The molecule has 1 aliphatic rings. The highest BCUT2D eigenvalue weighted by molar-refractivity contribution is 7.91. The van der Waals surface area contributed by atoms with Crippen LogP contribution in [-0.2, 0) is 9.84 Å². The molecule has 0 aliphatic carbocycles. The zero-order valence-corrected chi connectivity index (χ0v) is 15.8. The molecule has 2 rings (SSSR count). The Hall–Kier alpha value is -1.96. The van der Waals surface area contributed by atoms with Gasteiger partial charge >= 0.3 is 0 Å². The van der Waals surface area contributed by atoms with Crippen LogP contribution in [0.5, 0.6) is 0 Å². The van der Waals surface area contributed by atoms with Crippen molar-refractivity contribution in [2.24, 2.45) is 0 Å². The Morgan fingerprint density at radius 3 is 2.60 bits per heavy atom. The van der Waals surface area contributed by atoms with Crippen LogP contribution in [0.15, 0.2) is 18.3 Å². The Morgan fingerprint density at radius 2 is 2.00 bits per heavy atom. The maximum absolute atomic E-state index is 12.6. The van der Waals surface area contributed by atoms with Gasteiger partial charge in [-0.3, -0.25) is 14.6 Å². The van der Waals surface area contributed by atoms with Crippen LogP contribution < -0.4 is 0 Å². The minimum absolute atomic E-state index is 0.00807. The van der Waals surface area contributed by atoms with Crippen LogP contribution in [0.3, 0.4) is 0 Å². The highest BCUT2D eigenvalue weighted by Gasteiger charge is 2.33. The lowest BCUT2D eigenvalue weighted by molar-refractivity contribution is 0.0747. The van der Waals surface area contributed by atoms with Crippen molar-refractivity contribution in [2.45, 2.75) is 32.2 Å². The summed E-state index contributed by atoms with van der Waals surface area (Å²) in [4.78, 5) is 32.2. The number of nitrogens with zero attached hydrogens (tertiary/aromatic N) is 3. The zero-order chi connectivity index (χ0) is 18.6. The summed E-state index contributed by atoms with van der Waals surface area (Å²) < 4.78 is 23.2. The lowest BCUT2D eigenvalue weighted by Gasteiger charge is -2.23. The maximum atomic E-state index is 12.6. The van der Waals surface area contributed by atoms with Gasteiger partial charge in [-0.15, -0.1) is 0 Å². The average molecular weight is 367 g/mol. The van der Waals surface area contributed by atoms with Crippen molar-refractivity contribution in [3.05, 3.63) is 29.6 Å². The Labute approximate surface area is 148 Å². The van der Waals surface area contributed by atoms with Crippen LogP contribution in [0, 0.1) is 0 Å². The zero-order valence-electron chi connectivity index (χ0n) is 14.9. The first-order chi connectivity index (χ1) is 11.7. The average Bonchev–Trinajstić information content (AvgIpc) is 2.97. The van der Waals surface area contributed by atoms with Crippen LogP contribution in [0.1, 0.15) is 47.0 Å². The Bertz CT molecular complexity index is 748. The summed E-state index contributed by atoms with van der Waals surface area (Å²) in [5.41, 5.74) is 0.561. The van der Waals surface area contributed by atoms with E-state index < -0.39 is 9.84 Å². The van der Waals surface area contributed by atoms with Gasteiger partial charge in [0, 0.05) is 38.4 Å². The van der Waals surface area contributed by atoms with Crippen molar-refractivity contribution in [3.8, 4) is 0 Å². The fourth-order valence-corrected chi connectivity index (χ4v) is 4.60. The molecule has 1 aromatic rings. The first-order valence-corrected chi connectivity index (χ1v) is 10.3. The third kappa shape index (κ3) is 4.78. The molecule has 2 amide bonds. The smallest absolute Gasteiger partial charge is 0.272 e. The second-order valence-electron chi connectivity index (χ2n) is 6.48. The van der Waals surface area contributed by atoms with Crippen LogP contribution in [-0.4, -0.2) is 73.2 Å². The molecule has 1 saturated heterocycles. The normalized spacial score (nSPS) is 18.8. The minimum atomic E-state index is -3.06. The lowest BCUT2D eigenvalue weighted by atomic mass is 10.1. The van der Waals surface area contributed by atoms with E-state index in [-0.39, 0.29) is 35.1 Å². The summed E-state index contributed by atoms with van der Waals surface area (Å²) in [6.45, 7) is 2.68. The molecule has 2 heterocycles. The first kappa shape index (κ1) is 19.4. The van der Waals surface area contributed by atoms with Gasteiger partial charge in [-0.25, -0.2) is 8.42 Å².